The molecule has 4 heterocycles. The summed E-state index contributed by atoms with van der Waals surface area (Å²) in [6.07, 6.45) is -0.374. The van der Waals surface area contributed by atoms with Crippen LogP contribution in [0.15, 0.2) is 0 Å². The molecule has 4 rings (SSSR count). The lowest BCUT2D eigenvalue weighted by molar-refractivity contribution is -0.253. The van der Waals surface area contributed by atoms with Gasteiger partial charge in [0.15, 0.2) is 12.1 Å². The first-order chi connectivity index (χ1) is 8.46. The summed E-state index contributed by atoms with van der Waals surface area (Å²) < 4.78 is 23.6. The van der Waals surface area contributed by atoms with Crippen molar-refractivity contribution in [2.45, 2.75) is 57.4 Å². The standard InChI is InChI=1S/C12H17NO4S/c1-5-9-13(10(5)18)4-6-7(15-9)8-11(14-6)17-12(2,3)16-8/h5-9,11H,4H2,1-3H3/t5-,6+,7-,8+,9+,11+/m0/s1. The fraction of sp³-hybridized carbons (Fsp3) is 0.917. The largest absolute Gasteiger partial charge is 0.349 e. The van der Waals surface area contributed by atoms with Crippen molar-refractivity contribution in [2.24, 2.45) is 5.92 Å². The molecule has 0 aromatic carbocycles. The van der Waals surface area contributed by atoms with Crippen LogP contribution in [-0.2, 0) is 18.9 Å². The van der Waals surface area contributed by atoms with Crippen LogP contribution in [0.4, 0.5) is 0 Å². The zero-order valence-electron chi connectivity index (χ0n) is 10.7. The van der Waals surface area contributed by atoms with Crippen molar-refractivity contribution in [1.82, 2.24) is 4.90 Å². The zero-order chi connectivity index (χ0) is 12.7. The molecule has 0 radical (unpaired) electrons. The first kappa shape index (κ1) is 11.5. The summed E-state index contributed by atoms with van der Waals surface area (Å²) in [6.45, 7) is 6.70. The molecule has 6 heteroatoms. The highest BCUT2D eigenvalue weighted by Gasteiger charge is 2.61. The minimum absolute atomic E-state index is 0.00204. The minimum Gasteiger partial charge on any atom is -0.349 e. The van der Waals surface area contributed by atoms with Crippen LogP contribution in [0.1, 0.15) is 20.8 Å². The Kier molecular flexibility index (Phi) is 2.20. The Morgan fingerprint density at radius 2 is 2.00 bits per heavy atom. The summed E-state index contributed by atoms with van der Waals surface area (Å²) in [7, 11) is 0. The van der Waals surface area contributed by atoms with Crippen LogP contribution in [-0.4, -0.2) is 53.1 Å². The number of ether oxygens (including phenoxy) is 4. The van der Waals surface area contributed by atoms with E-state index in [1.807, 2.05) is 13.8 Å². The van der Waals surface area contributed by atoms with Gasteiger partial charge in [-0.2, -0.15) is 0 Å². The monoisotopic (exact) mass is 271 g/mol. The van der Waals surface area contributed by atoms with E-state index in [9.17, 15) is 0 Å². The van der Waals surface area contributed by atoms with Crippen molar-refractivity contribution < 1.29 is 18.9 Å². The van der Waals surface area contributed by atoms with E-state index >= 15 is 0 Å². The summed E-state index contributed by atoms with van der Waals surface area (Å²) in [5.74, 6) is -0.267. The third kappa shape index (κ3) is 1.38. The number of hydrogen-bond donors (Lipinski definition) is 0. The maximum absolute atomic E-state index is 6.11. The van der Waals surface area contributed by atoms with E-state index in [-0.39, 0.29) is 30.8 Å². The SMILES string of the molecule is C[C@@H]1C(=S)N2C[C@H]3O[C@@H]4OC(C)(C)O[C@@H]4[C@H]3O[C@H]12. The predicted octanol–water partition coefficient (Wildman–Crippen LogP) is 0.867. The van der Waals surface area contributed by atoms with Crippen molar-refractivity contribution in [1.29, 1.82) is 0 Å². The Balaban J connectivity index is 1.55. The molecular formula is C12H17NO4S. The molecule has 4 aliphatic rings. The summed E-state index contributed by atoms with van der Waals surface area (Å²) in [5.41, 5.74) is 0. The molecule has 0 aliphatic carbocycles. The molecule has 0 aromatic heterocycles. The minimum atomic E-state index is -0.582. The van der Waals surface area contributed by atoms with E-state index in [1.54, 1.807) is 0 Å². The van der Waals surface area contributed by atoms with Crippen LogP contribution in [0.2, 0.25) is 0 Å². The molecule has 4 aliphatic heterocycles. The van der Waals surface area contributed by atoms with Gasteiger partial charge in [-0.3, -0.25) is 0 Å². The Morgan fingerprint density at radius 1 is 1.22 bits per heavy atom. The molecule has 0 aromatic rings. The molecule has 0 amide bonds. The summed E-state index contributed by atoms with van der Waals surface area (Å²) in [4.78, 5) is 3.08. The molecule has 0 saturated carbocycles. The van der Waals surface area contributed by atoms with Crippen molar-refractivity contribution in [3.8, 4) is 0 Å². The summed E-state index contributed by atoms with van der Waals surface area (Å²) >= 11 is 5.33. The number of hydrogen-bond acceptors (Lipinski definition) is 5. The van der Waals surface area contributed by atoms with E-state index in [2.05, 4.69) is 11.8 Å². The van der Waals surface area contributed by atoms with E-state index in [4.69, 9.17) is 31.2 Å². The van der Waals surface area contributed by atoms with E-state index in [1.165, 1.54) is 0 Å². The topological polar surface area (TPSA) is 40.2 Å². The van der Waals surface area contributed by atoms with Gasteiger partial charge in [0.25, 0.3) is 0 Å². The molecule has 0 unspecified atom stereocenters. The van der Waals surface area contributed by atoms with Crippen LogP contribution < -0.4 is 0 Å². The number of fused-ring (bicyclic) bond motifs is 4. The van der Waals surface area contributed by atoms with Crippen LogP contribution in [0.5, 0.6) is 0 Å². The van der Waals surface area contributed by atoms with Crippen LogP contribution in [0.3, 0.4) is 0 Å². The van der Waals surface area contributed by atoms with Gasteiger partial charge in [0.1, 0.15) is 24.5 Å². The smallest absolute Gasteiger partial charge is 0.190 e. The lowest BCUT2D eigenvalue weighted by Crippen LogP contribution is -2.68. The average molecular weight is 271 g/mol. The van der Waals surface area contributed by atoms with Crippen molar-refractivity contribution in [2.75, 3.05) is 6.54 Å². The first-order valence-electron chi connectivity index (χ1n) is 6.43. The van der Waals surface area contributed by atoms with Crippen LogP contribution in [0.25, 0.3) is 0 Å². The Bertz CT molecular complexity index is 415. The quantitative estimate of drug-likeness (QED) is 0.609. The molecule has 0 spiro atoms. The number of rotatable bonds is 0. The highest BCUT2D eigenvalue weighted by Crippen LogP contribution is 2.44. The lowest BCUT2D eigenvalue weighted by Gasteiger charge is -2.53. The second-order valence-electron chi connectivity index (χ2n) is 5.91. The van der Waals surface area contributed by atoms with Crippen molar-refractivity contribution in [3.05, 3.63) is 0 Å². The highest BCUT2D eigenvalue weighted by atomic mass is 32.1. The molecule has 6 atom stereocenters. The lowest BCUT2D eigenvalue weighted by atomic mass is 9.94. The van der Waals surface area contributed by atoms with Gasteiger partial charge in [0, 0.05) is 6.54 Å². The summed E-state index contributed by atoms with van der Waals surface area (Å²) in [5, 5.41) is 0. The molecule has 4 saturated heterocycles. The van der Waals surface area contributed by atoms with Crippen molar-refractivity contribution in [3.63, 3.8) is 0 Å². The fourth-order valence-corrected chi connectivity index (χ4v) is 3.59. The van der Waals surface area contributed by atoms with Crippen LogP contribution >= 0.6 is 12.2 Å². The van der Waals surface area contributed by atoms with Gasteiger partial charge in [0.2, 0.25) is 0 Å². The van der Waals surface area contributed by atoms with E-state index in [0.29, 0.717) is 5.92 Å². The first-order valence-corrected chi connectivity index (χ1v) is 6.84. The van der Waals surface area contributed by atoms with Crippen molar-refractivity contribution >= 4 is 17.2 Å². The molecule has 0 bridgehead atoms. The van der Waals surface area contributed by atoms with Gasteiger partial charge < -0.3 is 23.8 Å². The van der Waals surface area contributed by atoms with Gasteiger partial charge in [-0.25, -0.2) is 0 Å². The number of nitrogens with zero attached hydrogens (tertiary/aromatic N) is 1. The third-order valence-corrected chi connectivity index (χ3v) is 4.77. The average Bonchev–Trinajstić information content (AvgIpc) is 2.78. The normalized spacial score (nSPS) is 52.6. The Morgan fingerprint density at radius 3 is 2.78 bits per heavy atom. The van der Waals surface area contributed by atoms with Gasteiger partial charge in [-0.1, -0.05) is 19.1 Å². The van der Waals surface area contributed by atoms with Gasteiger partial charge >= 0.3 is 0 Å². The number of thiocarbonyl (C=S) groups is 1. The Hall–Kier alpha value is -0.270. The molecule has 5 nitrogen and oxygen atoms in total. The maximum atomic E-state index is 6.11. The Labute approximate surface area is 111 Å². The second kappa shape index (κ2) is 3.43. The van der Waals surface area contributed by atoms with E-state index < -0.39 is 5.79 Å². The molecule has 100 valence electrons. The molecule has 4 fully saturated rings. The van der Waals surface area contributed by atoms with Gasteiger partial charge in [-0.15, -0.1) is 0 Å². The molecule has 0 N–H and O–H groups in total. The van der Waals surface area contributed by atoms with Gasteiger partial charge in [-0.05, 0) is 13.8 Å². The van der Waals surface area contributed by atoms with E-state index in [0.717, 1.165) is 11.5 Å². The highest BCUT2D eigenvalue weighted by molar-refractivity contribution is 7.80. The van der Waals surface area contributed by atoms with Gasteiger partial charge in [0.05, 0.1) is 10.9 Å². The molecule has 18 heavy (non-hydrogen) atoms. The third-order valence-electron chi connectivity index (χ3n) is 4.17. The predicted molar refractivity (Wildman–Crippen MR) is 65.8 cm³/mol. The maximum Gasteiger partial charge on any atom is 0.190 e. The zero-order valence-corrected chi connectivity index (χ0v) is 11.5. The fourth-order valence-electron chi connectivity index (χ4n) is 3.30. The van der Waals surface area contributed by atoms with Crippen LogP contribution in [0, 0.1) is 5.92 Å². The molecular weight excluding hydrogens is 254 g/mol. The second-order valence-corrected chi connectivity index (χ2v) is 6.33. The summed E-state index contributed by atoms with van der Waals surface area (Å²) in [6, 6.07) is 0.